The van der Waals surface area contributed by atoms with Gasteiger partial charge in [0.15, 0.2) is 0 Å². The van der Waals surface area contributed by atoms with E-state index in [1.54, 1.807) is 6.33 Å². The third kappa shape index (κ3) is 2.58. The van der Waals surface area contributed by atoms with Crippen molar-refractivity contribution in [3.05, 3.63) is 40.9 Å². The third-order valence-electron chi connectivity index (χ3n) is 5.12. The van der Waals surface area contributed by atoms with Gasteiger partial charge in [-0.2, -0.15) is 0 Å². The largest absolute Gasteiger partial charge is 0.236 e. The van der Waals surface area contributed by atoms with Crippen LogP contribution in [0.25, 0.3) is 16.5 Å². The van der Waals surface area contributed by atoms with Crippen molar-refractivity contribution in [2.45, 2.75) is 66.7 Å². The average molecular weight is 308 g/mol. The van der Waals surface area contributed by atoms with Crippen molar-refractivity contribution in [2.75, 3.05) is 0 Å². The molecule has 0 spiro atoms. The van der Waals surface area contributed by atoms with E-state index in [-0.39, 0.29) is 10.8 Å². The van der Waals surface area contributed by atoms with Crippen molar-refractivity contribution in [2.24, 2.45) is 5.41 Å². The highest BCUT2D eigenvalue weighted by Crippen LogP contribution is 2.47. The molecule has 0 saturated carbocycles. The second-order valence-electron chi connectivity index (χ2n) is 8.58. The topological polar surface area (TPSA) is 25.8 Å². The van der Waals surface area contributed by atoms with Crippen LogP contribution in [0.4, 0.5) is 0 Å². The number of nitrogens with zero attached hydrogens (tertiary/aromatic N) is 2. The van der Waals surface area contributed by atoms with Gasteiger partial charge in [-0.05, 0) is 47.9 Å². The maximum atomic E-state index is 4.62. The van der Waals surface area contributed by atoms with Crippen LogP contribution in [0.3, 0.4) is 0 Å². The van der Waals surface area contributed by atoms with Crippen LogP contribution < -0.4 is 0 Å². The first kappa shape index (κ1) is 16.2. The molecule has 2 aromatic rings. The normalized spacial score (nSPS) is 17.0. The molecule has 0 aliphatic heterocycles. The summed E-state index contributed by atoms with van der Waals surface area (Å²) in [6, 6.07) is 4.66. The Bertz CT molecular complexity index is 804. The molecule has 0 N–H and O–H groups in total. The van der Waals surface area contributed by atoms with Crippen molar-refractivity contribution in [1.29, 1.82) is 0 Å². The van der Waals surface area contributed by atoms with Gasteiger partial charge in [-0.15, -0.1) is 0 Å². The van der Waals surface area contributed by atoms with E-state index in [9.17, 15) is 0 Å². The highest BCUT2D eigenvalue weighted by molar-refractivity contribution is 5.97. The maximum Gasteiger partial charge on any atom is 0.116 e. The summed E-state index contributed by atoms with van der Waals surface area (Å²) in [7, 11) is 0. The highest BCUT2D eigenvalue weighted by atomic mass is 14.8. The number of rotatable bonds is 2. The Balaban J connectivity index is 2.34. The zero-order valence-corrected chi connectivity index (χ0v) is 15.5. The Morgan fingerprint density at radius 1 is 1.09 bits per heavy atom. The molecule has 0 atom stereocenters. The molecule has 1 aliphatic rings. The maximum absolute atomic E-state index is 4.62. The van der Waals surface area contributed by atoms with E-state index in [0.29, 0.717) is 0 Å². The number of allylic oxidation sites excluding steroid dienone is 2. The van der Waals surface area contributed by atoms with Crippen molar-refractivity contribution in [3.8, 4) is 0 Å². The van der Waals surface area contributed by atoms with E-state index in [0.717, 1.165) is 24.1 Å². The van der Waals surface area contributed by atoms with Crippen LogP contribution in [0, 0.1) is 5.41 Å². The zero-order chi connectivity index (χ0) is 17.0. The Hall–Kier alpha value is -1.70. The predicted octanol–water partition coefficient (Wildman–Crippen LogP) is 5.69. The molecule has 0 saturated heterocycles. The predicted molar refractivity (Wildman–Crippen MR) is 98.6 cm³/mol. The van der Waals surface area contributed by atoms with Crippen LogP contribution in [-0.4, -0.2) is 9.97 Å². The summed E-state index contributed by atoms with van der Waals surface area (Å²) < 4.78 is 0. The molecular weight excluding hydrogens is 280 g/mol. The molecule has 23 heavy (non-hydrogen) atoms. The second kappa shape index (κ2) is 5.15. The first-order chi connectivity index (χ1) is 10.6. The quantitative estimate of drug-likeness (QED) is 0.712. The number of aromatic nitrogens is 2. The van der Waals surface area contributed by atoms with E-state index >= 15 is 0 Å². The molecular formula is C21H28N2. The van der Waals surface area contributed by atoms with Gasteiger partial charge in [0.05, 0.1) is 11.2 Å². The van der Waals surface area contributed by atoms with Crippen molar-refractivity contribution in [1.82, 2.24) is 9.97 Å². The number of hydrogen-bond acceptors (Lipinski definition) is 2. The Labute approximate surface area is 140 Å². The Kier molecular flexibility index (Phi) is 3.62. The van der Waals surface area contributed by atoms with E-state index in [1.165, 1.54) is 27.7 Å². The van der Waals surface area contributed by atoms with Crippen LogP contribution in [0.15, 0.2) is 24.0 Å². The van der Waals surface area contributed by atoms with Crippen LogP contribution in [0.2, 0.25) is 0 Å². The van der Waals surface area contributed by atoms with Gasteiger partial charge in [-0.25, -0.2) is 9.97 Å². The fraction of sp³-hybridized carbons (Fsp3) is 0.524. The number of hydrogen-bond donors (Lipinski definition) is 0. The lowest BCUT2D eigenvalue weighted by Crippen LogP contribution is -2.26. The molecule has 2 nitrogen and oxygen atoms in total. The molecule has 122 valence electrons. The summed E-state index contributed by atoms with van der Waals surface area (Å²) in [6.07, 6.45) is 3.85. The molecule has 1 aliphatic carbocycles. The van der Waals surface area contributed by atoms with Gasteiger partial charge in [0, 0.05) is 10.8 Å². The molecule has 0 fully saturated rings. The summed E-state index contributed by atoms with van der Waals surface area (Å²) in [5.74, 6) is 0. The monoisotopic (exact) mass is 308 g/mol. The first-order valence-corrected chi connectivity index (χ1v) is 8.64. The Morgan fingerprint density at radius 3 is 2.39 bits per heavy atom. The second-order valence-corrected chi connectivity index (χ2v) is 8.58. The van der Waals surface area contributed by atoms with Crippen LogP contribution in [0.5, 0.6) is 0 Å². The fourth-order valence-corrected chi connectivity index (χ4v) is 4.22. The average Bonchev–Trinajstić information content (AvgIpc) is 2.43. The standard InChI is InChI=1S/C21H28N2/c1-8-15-13(2)19-18-16(21(15,6)7)9-14(11-20(3,4)5)10-17(18)22-12-23-19/h9-10,12H,8,11H2,1-7H3. The van der Waals surface area contributed by atoms with Crippen LogP contribution in [0.1, 0.15) is 71.7 Å². The van der Waals surface area contributed by atoms with Crippen LogP contribution >= 0.6 is 0 Å². The molecule has 0 radical (unpaired) electrons. The van der Waals surface area contributed by atoms with Crippen molar-refractivity contribution in [3.63, 3.8) is 0 Å². The lowest BCUT2D eigenvalue weighted by molar-refractivity contribution is 0.411. The zero-order valence-electron chi connectivity index (χ0n) is 15.5. The van der Waals surface area contributed by atoms with Gasteiger partial charge in [0.2, 0.25) is 0 Å². The number of benzene rings is 1. The summed E-state index contributed by atoms with van der Waals surface area (Å²) in [5.41, 5.74) is 8.15. The molecule has 1 aromatic heterocycles. The van der Waals surface area contributed by atoms with Gasteiger partial charge < -0.3 is 0 Å². The van der Waals surface area contributed by atoms with Gasteiger partial charge in [0.25, 0.3) is 0 Å². The molecule has 0 bridgehead atoms. The minimum absolute atomic E-state index is 0.0443. The molecule has 0 unspecified atom stereocenters. The molecule has 3 rings (SSSR count). The van der Waals surface area contributed by atoms with E-state index in [2.05, 4.69) is 70.6 Å². The minimum atomic E-state index is 0.0443. The first-order valence-electron chi connectivity index (χ1n) is 8.64. The van der Waals surface area contributed by atoms with Gasteiger partial charge in [-0.3, -0.25) is 0 Å². The lowest BCUT2D eigenvalue weighted by Gasteiger charge is -2.36. The minimum Gasteiger partial charge on any atom is -0.236 e. The van der Waals surface area contributed by atoms with Gasteiger partial charge in [0.1, 0.15) is 6.33 Å². The SMILES string of the molecule is CCC1=C(C)c2ncnc3cc(CC(C)(C)C)cc(c23)C1(C)C. The third-order valence-corrected chi connectivity index (χ3v) is 5.12. The molecule has 2 heteroatoms. The molecule has 1 heterocycles. The lowest BCUT2D eigenvalue weighted by atomic mass is 9.68. The Morgan fingerprint density at radius 2 is 1.78 bits per heavy atom. The van der Waals surface area contributed by atoms with E-state index < -0.39 is 0 Å². The summed E-state index contributed by atoms with van der Waals surface area (Å²) in [5, 5.41) is 1.25. The van der Waals surface area contributed by atoms with E-state index in [1.807, 2.05) is 0 Å². The summed E-state index contributed by atoms with van der Waals surface area (Å²) in [6.45, 7) is 16.0. The van der Waals surface area contributed by atoms with Gasteiger partial charge in [-0.1, -0.05) is 53.2 Å². The smallest absolute Gasteiger partial charge is 0.116 e. The van der Waals surface area contributed by atoms with Crippen LogP contribution in [-0.2, 0) is 11.8 Å². The fourth-order valence-electron chi connectivity index (χ4n) is 4.22. The van der Waals surface area contributed by atoms with Crippen molar-refractivity contribution < 1.29 is 0 Å². The van der Waals surface area contributed by atoms with Crippen molar-refractivity contribution >= 4 is 16.5 Å². The molecule has 1 aromatic carbocycles. The summed E-state index contributed by atoms with van der Waals surface area (Å²) in [4.78, 5) is 9.21. The molecule has 0 amide bonds. The highest BCUT2D eigenvalue weighted by Gasteiger charge is 2.34. The van der Waals surface area contributed by atoms with Gasteiger partial charge >= 0.3 is 0 Å². The summed E-state index contributed by atoms with van der Waals surface area (Å²) >= 11 is 0. The van der Waals surface area contributed by atoms with E-state index in [4.69, 9.17) is 0 Å².